The van der Waals surface area contributed by atoms with Gasteiger partial charge in [0.15, 0.2) is 0 Å². The number of halogens is 4. The summed E-state index contributed by atoms with van der Waals surface area (Å²) in [5.74, 6) is -0.308. The van der Waals surface area contributed by atoms with Gasteiger partial charge < -0.3 is 9.30 Å². The highest BCUT2D eigenvalue weighted by atomic mass is 79.9. The maximum absolute atomic E-state index is 12.4. The predicted octanol–water partition coefficient (Wildman–Crippen LogP) is 5.22. The second-order valence-electron chi connectivity index (χ2n) is 5.50. The summed E-state index contributed by atoms with van der Waals surface area (Å²) in [6.07, 6.45) is -4.74. The summed E-state index contributed by atoms with van der Waals surface area (Å²) in [5, 5.41) is 0. The molecule has 0 aliphatic rings. The number of rotatable bonds is 4. The van der Waals surface area contributed by atoms with Gasteiger partial charge in [0.1, 0.15) is 5.75 Å². The molecule has 0 bridgehead atoms. The molecule has 7 heteroatoms. The van der Waals surface area contributed by atoms with Crippen molar-refractivity contribution in [3.05, 3.63) is 87.1 Å². The Hall–Kier alpha value is -2.54. The minimum atomic E-state index is -4.74. The molecule has 0 aliphatic heterocycles. The van der Waals surface area contributed by atoms with Crippen molar-refractivity contribution < 1.29 is 17.9 Å². The molecule has 0 radical (unpaired) electrons. The lowest BCUT2D eigenvalue weighted by atomic mass is 10.1. The molecule has 0 saturated heterocycles. The van der Waals surface area contributed by atoms with E-state index in [1.807, 2.05) is 24.3 Å². The molecule has 3 nitrogen and oxygen atoms in total. The highest BCUT2D eigenvalue weighted by molar-refractivity contribution is 9.10. The lowest BCUT2D eigenvalue weighted by molar-refractivity contribution is -0.274. The normalized spacial score (nSPS) is 11.4. The number of benzene rings is 2. The van der Waals surface area contributed by atoms with E-state index in [-0.39, 0.29) is 11.3 Å². The maximum atomic E-state index is 12.4. The second-order valence-corrected chi connectivity index (χ2v) is 6.35. The quantitative estimate of drug-likeness (QED) is 0.575. The van der Waals surface area contributed by atoms with Crippen LogP contribution in [0.4, 0.5) is 13.2 Å². The summed E-state index contributed by atoms with van der Waals surface area (Å²) >= 11 is 3.46. The van der Waals surface area contributed by atoms with Crippen LogP contribution in [0, 0.1) is 0 Å². The Morgan fingerprint density at radius 3 is 2.27 bits per heavy atom. The van der Waals surface area contributed by atoms with Crippen LogP contribution in [0.1, 0.15) is 5.56 Å². The first-order chi connectivity index (χ1) is 12.3. The zero-order valence-corrected chi connectivity index (χ0v) is 14.9. The van der Waals surface area contributed by atoms with E-state index in [2.05, 4.69) is 20.7 Å². The average molecular weight is 424 g/mol. The summed E-state index contributed by atoms with van der Waals surface area (Å²) in [6.45, 7) is 0.331. The van der Waals surface area contributed by atoms with Crippen molar-refractivity contribution in [1.82, 2.24) is 4.57 Å². The minimum absolute atomic E-state index is 0.200. The third-order valence-corrected chi connectivity index (χ3v) is 4.49. The van der Waals surface area contributed by atoms with E-state index in [0.29, 0.717) is 17.8 Å². The monoisotopic (exact) mass is 423 g/mol. The van der Waals surface area contributed by atoms with Gasteiger partial charge in [-0.05, 0) is 47.5 Å². The van der Waals surface area contributed by atoms with E-state index in [0.717, 1.165) is 10.0 Å². The lowest BCUT2D eigenvalue weighted by Crippen LogP contribution is -2.21. The Balaban J connectivity index is 1.97. The highest BCUT2D eigenvalue weighted by Gasteiger charge is 2.31. The van der Waals surface area contributed by atoms with Gasteiger partial charge in [-0.25, -0.2) is 0 Å². The van der Waals surface area contributed by atoms with E-state index in [1.165, 1.54) is 30.3 Å². The van der Waals surface area contributed by atoms with Gasteiger partial charge in [0, 0.05) is 10.5 Å². The number of aromatic nitrogens is 1. The fourth-order valence-electron chi connectivity index (χ4n) is 2.56. The topological polar surface area (TPSA) is 31.2 Å². The number of hydrogen-bond acceptors (Lipinski definition) is 2. The van der Waals surface area contributed by atoms with Crippen LogP contribution in [0.2, 0.25) is 0 Å². The number of pyridine rings is 1. The van der Waals surface area contributed by atoms with Crippen LogP contribution in [-0.2, 0) is 6.54 Å². The molecule has 134 valence electrons. The molecule has 0 atom stereocenters. The molecule has 3 rings (SSSR count). The van der Waals surface area contributed by atoms with Gasteiger partial charge in [-0.1, -0.05) is 40.2 Å². The van der Waals surface area contributed by atoms with Crippen LogP contribution in [-0.4, -0.2) is 10.9 Å². The van der Waals surface area contributed by atoms with Crippen molar-refractivity contribution in [3.63, 3.8) is 0 Å². The molecule has 3 aromatic rings. The number of nitrogens with zero attached hydrogens (tertiary/aromatic N) is 1. The Morgan fingerprint density at radius 2 is 1.62 bits per heavy atom. The molecule has 0 spiro atoms. The van der Waals surface area contributed by atoms with Crippen LogP contribution >= 0.6 is 15.9 Å². The third kappa shape index (κ3) is 4.35. The Morgan fingerprint density at radius 1 is 0.923 bits per heavy atom. The largest absolute Gasteiger partial charge is 0.573 e. The summed E-state index contributed by atoms with van der Waals surface area (Å²) < 4.78 is 43.2. The van der Waals surface area contributed by atoms with Gasteiger partial charge in [-0.3, -0.25) is 4.79 Å². The average Bonchev–Trinajstić information content (AvgIpc) is 2.58. The molecule has 0 amide bonds. The number of ether oxygens (including phenoxy) is 1. The Kier molecular flexibility index (Phi) is 5.18. The summed E-state index contributed by atoms with van der Waals surface area (Å²) in [7, 11) is 0. The zero-order valence-electron chi connectivity index (χ0n) is 13.3. The molecule has 0 aliphatic carbocycles. The van der Waals surface area contributed by atoms with E-state index < -0.39 is 6.36 Å². The van der Waals surface area contributed by atoms with Crippen LogP contribution in [0.3, 0.4) is 0 Å². The molecule has 0 saturated carbocycles. The summed E-state index contributed by atoms with van der Waals surface area (Å²) in [4.78, 5) is 12.4. The van der Waals surface area contributed by atoms with Crippen molar-refractivity contribution in [2.45, 2.75) is 12.9 Å². The van der Waals surface area contributed by atoms with E-state index >= 15 is 0 Å². The first-order valence-corrected chi connectivity index (χ1v) is 8.42. The standard InChI is InChI=1S/C19H13BrF3NO2/c20-16-5-2-1-4-14(16)12-24-17(6-3-7-18(24)25)13-8-10-15(11-9-13)26-19(21,22)23/h1-11H,12H2. The van der Waals surface area contributed by atoms with Crippen molar-refractivity contribution in [2.24, 2.45) is 0 Å². The number of hydrogen-bond donors (Lipinski definition) is 0. The molecule has 26 heavy (non-hydrogen) atoms. The molecule has 0 fully saturated rings. The lowest BCUT2D eigenvalue weighted by Gasteiger charge is -2.15. The van der Waals surface area contributed by atoms with Gasteiger partial charge in [-0.15, -0.1) is 13.2 Å². The highest BCUT2D eigenvalue weighted by Crippen LogP contribution is 2.27. The van der Waals surface area contributed by atoms with Gasteiger partial charge in [0.25, 0.3) is 5.56 Å². The molecule has 1 heterocycles. The summed E-state index contributed by atoms with van der Waals surface area (Å²) in [5.41, 5.74) is 1.93. The SMILES string of the molecule is O=c1cccc(-c2ccc(OC(F)(F)F)cc2)n1Cc1ccccc1Br. The van der Waals surface area contributed by atoms with Crippen molar-refractivity contribution in [2.75, 3.05) is 0 Å². The first kappa shape index (κ1) is 18.3. The molecular weight excluding hydrogens is 411 g/mol. The van der Waals surface area contributed by atoms with E-state index in [4.69, 9.17) is 0 Å². The third-order valence-electron chi connectivity index (χ3n) is 3.72. The van der Waals surface area contributed by atoms with Gasteiger partial charge >= 0.3 is 6.36 Å². The van der Waals surface area contributed by atoms with Crippen LogP contribution in [0.15, 0.2) is 76.0 Å². The van der Waals surface area contributed by atoms with Crippen molar-refractivity contribution in [1.29, 1.82) is 0 Å². The van der Waals surface area contributed by atoms with Crippen LogP contribution in [0.25, 0.3) is 11.3 Å². The second kappa shape index (κ2) is 7.37. The van der Waals surface area contributed by atoms with Crippen molar-refractivity contribution in [3.8, 4) is 17.0 Å². The van der Waals surface area contributed by atoms with Crippen LogP contribution in [0.5, 0.6) is 5.75 Å². The molecular formula is C19H13BrF3NO2. The van der Waals surface area contributed by atoms with Crippen molar-refractivity contribution >= 4 is 15.9 Å². The Bertz CT molecular complexity index is 966. The van der Waals surface area contributed by atoms with Gasteiger partial charge in [0.05, 0.1) is 12.2 Å². The molecule has 0 unspecified atom stereocenters. The van der Waals surface area contributed by atoms with Gasteiger partial charge in [0.2, 0.25) is 0 Å². The Labute approximate surface area is 155 Å². The van der Waals surface area contributed by atoms with E-state index in [9.17, 15) is 18.0 Å². The first-order valence-electron chi connectivity index (χ1n) is 7.63. The minimum Gasteiger partial charge on any atom is -0.406 e. The maximum Gasteiger partial charge on any atom is 0.573 e. The fraction of sp³-hybridized carbons (Fsp3) is 0.105. The molecule has 2 aromatic carbocycles. The molecule has 1 aromatic heterocycles. The summed E-state index contributed by atoms with van der Waals surface area (Å²) in [6, 6.07) is 17.8. The predicted molar refractivity (Wildman–Crippen MR) is 96.1 cm³/mol. The smallest absolute Gasteiger partial charge is 0.406 e. The fourth-order valence-corrected chi connectivity index (χ4v) is 2.97. The van der Waals surface area contributed by atoms with Gasteiger partial charge in [-0.2, -0.15) is 0 Å². The number of alkyl halides is 3. The zero-order chi connectivity index (χ0) is 18.7. The molecule has 0 N–H and O–H groups in total. The van der Waals surface area contributed by atoms with Crippen LogP contribution < -0.4 is 10.3 Å². The van der Waals surface area contributed by atoms with E-state index in [1.54, 1.807) is 16.7 Å².